The van der Waals surface area contributed by atoms with E-state index in [1.807, 2.05) is 24.3 Å². The van der Waals surface area contributed by atoms with Crippen LogP contribution in [0.2, 0.25) is 0 Å². The molecule has 0 saturated heterocycles. The molecule has 0 spiro atoms. The van der Waals surface area contributed by atoms with Gasteiger partial charge in [-0.05, 0) is 60.2 Å². The summed E-state index contributed by atoms with van der Waals surface area (Å²) >= 11 is 0. The maximum atomic E-state index is 14.1. The second kappa shape index (κ2) is 7.62. The second-order valence-electron chi connectivity index (χ2n) is 5.84. The predicted octanol–water partition coefficient (Wildman–Crippen LogP) is 5.19. The first kappa shape index (κ1) is 17.4. The largest absolute Gasteiger partial charge is 0.423 e. The first-order chi connectivity index (χ1) is 12.6. The number of allylic oxidation sites excluding steroid dienone is 1. The van der Waals surface area contributed by atoms with Crippen LogP contribution < -0.4 is 4.74 Å². The maximum Gasteiger partial charge on any atom is 0.343 e. The van der Waals surface area contributed by atoms with Gasteiger partial charge in [0.1, 0.15) is 17.6 Å². The number of aryl methyl sites for hydroxylation is 1. The number of halogens is 1. The van der Waals surface area contributed by atoms with Gasteiger partial charge in [-0.15, -0.1) is 6.58 Å². The van der Waals surface area contributed by atoms with Crippen LogP contribution in [-0.2, 0) is 6.42 Å². The molecule has 0 N–H and O–H groups in total. The van der Waals surface area contributed by atoms with Gasteiger partial charge in [-0.25, -0.2) is 9.18 Å². The highest BCUT2D eigenvalue weighted by molar-refractivity contribution is 5.92. The van der Waals surface area contributed by atoms with Crippen molar-refractivity contribution in [3.63, 3.8) is 0 Å². The lowest BCUT2D eigenvalue weighted by Crippen LogP contribution is -2.08. The lowest BCUT2D eigenvalue weighted by atomic mass is 10.1. The van der Waals surface area contributed by atoms with Crippen molar-refractivity contribution < 1.29 is 13.9 Å². The Morgan fingerprint density at radius 1 is 1.15 bits per heavy atom. The number of esters is 1. The Bertz CT molecular complexity index is 1020. The summed E-state index contributed by atoms with van der Waals surface area (Å²) in [6.45, 7) is 3.69. The first-order valence-electron chi connectivity index (χ1n) is 8.17. The van der Waals surface area contributed by atoms with Gasteiger partial charge < -0.3 is 4.74 Å². The molecule has 0 fully saturated rings. The van der Waals surface area contributed by atoms with Crippen LogP contribution in [0.5, 0.6) is 5.75 Å². The molecular formula is C22H16FNO2. The van der Waals surface area contributed by atoms with E-state index in [2.05, 4.69) is 6.58 Å². The fourth-order valence-corrected chi connectivity index (χ4v) is 2.66. The Kier molecular flexibility index (Phi) is 5.09. The van der Waals surface area contributed by atoms with Crippen molar-refractivity contribution in [2.24, 2.45) is 0 Å². The Morgan fingerprint density at radius 2 is 1.92 bits per heavy atom. The van der Waals surface area contributed by atoms with Crippen molar-refractivity contribution in [1.82, 2.24) is 0 Å². The summed E-state index contributed by atoms with van der Waals surface area (Å²) in [5.74, 6) is -0.728. The molecular weight excluding hydrogens is 329 g/mol. The number of nitriles is 1. The minimum absolute atomic E-state index is 0.0150. The molecule has 0 aliphatic carbocycles. The zero-order valence-corrected chi connectivity index (χ0v) is 14.0. The number of nitrogens with zero attached hydrogens (tertiary/aromatic N) is 1. The van der Waals surface area contributed by atoms with Crippen LogP contribution in [-0.4, -0.2) is 5.97 Å². The van der Waals surface area contributed by atoms with E-state index < -0.39 is 11.8 Å². The summed E-state index contributed by atoms with van der Waals surface area (Å²) in [5, 5.41) is 9.76. The third-order valence-electron chi connectivity index (χ3n) is 4.08. The summed E-state index contributed by atoms with van der Waals surface area (Å²) in [6, 6.07) is 16.7. The van der Waals surface area contributed by atoms with Gasteiger partial charge in [0.25, 0.3) is 0 Å². The van der Waals surface area contributed by atoms with Crippen molar-refractivity contribution in [2.45, 2.75) is 12.8 Å². The first-order valence-corrected chi connectivity index (χ1v) is 8.17. The quantitative estimate of drug-likeness (QED) is 0.363. The smallest absolute Gasteiger partial charge is 0.343 e. The molecule has 0 amide bonds. The van der Waals surface area contributed by atoms with Gasteiger partial charge in [0.05, 0.1) is 11.1 Å². The topological polar surface area (TPSA) is 50.1 Å². The van der Waals surface area contributed by atoms with Gasteiger partial charge >= 0.3 is 5.97 Å². The van der Waals surface area contributed by atoms with E-state index in [0.29, 0.717) is 22.1 Å². The standard InChI is InChI=1S/C22H16FNO2/c1-2-3-4-15-5-7-16(8-6-15)22(25)26-19-11-12-20-17(13-19)9-10-18(14-24)21(20)23/h2,5-13H,1,3-4H2. The molecule has 0 aliphatic rings. The molecule has 4 heteroatoms. The van der Waals surface area contributed by atoms with Crippen molar-refractivity contribution in [1.29, 1.82) is 5.26 Å². The molecule has 0 aliphatic heterocycles. The number of carbonyl (C=O) groups excluding carboxylic acids is 1. The summed E-state index contributed by atoms with van der Waals surface area (Å²) in [7, 11) is 0. The van der Waals surface area contributed by atoms with Crippen molar-refractivity contribution in [3.05, 3.63) is 89.8 Å². The fraction of sp³-hybridized carbons (Fsp3) is 0.0909. The lowest BCUT2D eigenvalue weighted by molar-refractivity contribution is 0.0735. The van der Waals surface area contributed by atoms with E-state index in [4.69, 9.17) is 10.00 Å². The molecule has 0 heterocycles. The summed E-state index contributed by atoms with van der Waals surface area (Å²) < 4.78 is 19.5. The molecule has 26 heavy (non-hydrogen) atoms. The maximum absolute atomic E-state index is 14.1. The van der Waals surface area contributed by atoms with Gasteiger partial charge in [-0.1, -0.05) is 24.3 Å². The van der Waals surface area contributed by atoms with Gasteiger partial charge in [0, 0.05) is 5.39 Å². The average Bonchev–Trinajstić information content (AvgIpc) is 2.67. The van der Waals surface area contributed by atoms with Crippen molar-refractivity contribution in [3.8, 4) is 11.8 Å². The van der Waals surface area contributed by atoms with E-state index >= 15 is 0 Å². The highest BCUT2D eigenvalue weighted by Gasteiger charge is 2.11. The monoisotopic (exact) mass is 345 g/mol. The van der Waals surface area contributed by atoms with Crippen LogP contribution in [0.15, 0.2) is 67.3 Å². The Morgan fingerprint density at radius 3 is 2.62 bits per heavy atom. The Hall–Kier alpha value is -3.45. The fourth-order valence-electron chi connectivity index (χ4n) is 2.66. The van der Waals surface area contributed by atoms with Crippen LogP contribution in [0.1, 0.15) is 27.9 Å². The van der Waals surface area contributed by atoms with Crippen LogP contribution in [0.25, 0.3) is 10.8 Å². The van der Waals surface area contributed by atoms with Crippen molar-refractivity contribution in [2.75, 3.05) is 0 Å². The molecule has 128 valence electrons. The molecule has 3 aromatic carbocycles. The predicted molar refractivity (Wildman–Crippen MR) is 98.5 cm³/mol. The Balaban J connectivity index is 1.79. The highest BCUT2D eigenvalue weighted by Crippen LogP contribution is 2.25. The van der Waals surface area contributed by atoms with E-state index in [1.54, 1.807) is 24.3 Å². The Labute approximate surface area is 151 Å². The normalized spacial score (nSPS) is 10.3. The number of benzene rings is 3. The molecule has 0 saturated carbocycles. The minimum atomic E-state index is -0.571. The zero-order valence-electron chi connectivity index (χ0n) is 14.0. The number of rotatable bonds is 5. The highest BCUT2D eigenvalue weighted by atomic mass is 19.1. The molecule has 3 nitrogen and oxygen atoms in total. The molecule has 3 rings (SSSR count). The van der Waals surface area contributed by atoms with Gasteiger partial charge in [-0.2, -0.15) is 5.26 Å². The third-order valence-corrected chi connectivity index (χ3v) is 4.08. The number of ether oxygens (including phenoxy) is 1. The molecule has 0 atom stereocenters. The number of carbonyl (C=O) groups is 1. The lowest BCUT2D eigenvalue weighted by Gasteiger charge is -2.07. The molecule has 0 radical (unpaired) electrons. The van der Waals surface area contributed by atoms with Gasteiger partial charge in [-0.3, -0.25) is 0 Å². The van der Waals surface area contributed by atoms with E-state index in [1.165, 1.54) is 18.2 Å². The minimum Gasteiger partial charge on any atom is -0.423 e. The van der Waals surface area contributed by atoms with Crippen LogP contribution in [0, 0.1) is 17.1 Å². The van der Waals surface area contributed by atoms with Gasteiger partial charge in [0.2, 0.25) is 0 Å². The third kappa shape index (κ3) is 3.62. The average molecular weight is 345 g/mol. The molecule has 0 unspecified atom stereocenters. The van der Waals surface area contributed by atoms with E-state index in [9.17, 15) is 9.18 Å². The molecule has 0 aromatic heterocycles. The van der Waals surface area contributed by atoms with Crippen molar-refractivity contribution >= 4 is 16.7 Å². The van der Waals surface area contributed by atoms with Crippen LogP contribution in [0.4, 0.5) is 4.39 Å². The summed E-state index contributed by atoms with van der Waals surface area (Å²) in [6.07, 6.45) is 3.61. The SMILES string of the molecule is C=CCCc1ccc(C(=O)Oc2ccc3c(F)c(C#N)ccc3c2)cc1. The zero-order chi connectivity index (χ0) is 18.5. The van der Waals surface area contributed by atoms with Gasteiger partial charge in [0.15, 0.2) is 0 Å². The number of fused-ring (bicyclic) bond motifs is 1. The number of hydrogen-bond acceptors (Lipinski definition) is 3. The summed E-state index contributed by atoms with van der Waals surface area (Å²) in [5.41, 5.74) is 1.55. The summed E-state index contributed by atoms with van der Waals surface area (Å²) in [4.78, 5) is 12.3. The molecule has 0 bridgehead atoms. The second-order valence-corrected chi connectivity index (χ2v) is 5.84. The number of hydrogen-bond donors (Lipinski definition) is 0. The van der Waals surface area contributed by atoms with Crippen LogP contribution in [0.3, 0.4) is 0 Å². The molecule has 3 aromatic rings. The van der Waals surface area contributed by atoms with E-state index in [-0.39, 0.29) is 5.56 Å². The van der Waals surface area contributed by atoms with Crippen LogP contribution >= 0.6 is 0 Å². The van der Waals surface area contributed by atoms with E-state index in [0.717, 1.165) is 18.4 Å².